The van der Waals surface area contributed by atoms with E-state index in [0.29, 0.717) is 12.0 Å². The fourth-order valence-electron chi connectivity index (χ4n) is 3.43. The molecule has 0 saturated carbocycles. The number of carbonyl (C=O) groups excluding carboxylic acids is 1. The molecule has 0 spiro atoms. The van der Waals surface area contributed by atoms with Crippen molar-refractivity contribution in [2.24, 2.45) is 5.92 Å². The Morgan fingerprint density at radius 1 is 1.14 bits per heavy atom. The Labute approximate surface area is 136 Å². The molecular formula is C15H27N3O3S. The lowest BCUT2D eigenvalue weighted by Crippen LogP contribution is -2.54. The lowest BCUT2D eigenvalue weighted by Gasteiger charge is -2.38. The van der Waals surface area contributed by atoms with Crippen LogP contribution in [0.5, 0.6) is 0 Å². The number of hydrogen-bond donors (Lipinski definition) is 1. The van der Waals surface area contributed by atoms with Crippen LogP contribution < -0.4 is 5.32 Å². The second-order valence-electron chi connectivity index (χ2n) is 6.12. The van der Waals surface area contributed by atoms with Gasteiger partial charge in [0.15, 0.2) is 0 Å². The van der Waals surface area contributed by atoms with E-state index >= 15 is 0 Å². The monoisotopic (exact) mass is 329 g/mol. The quantitative estimate of drug-likeness (QED) is 0.813. The third kappa shape index (κ3) is 4.28. The summed E-state index contributed by atoms with van der Waals surface area (Å²) in [4.78, 5) is 16.7. The first-order valence-electron chi connectivity index (χ1n) is 8.34. The Kier molecular flexibility index (Phi) is 6.23. The molecule has 22 heavy (non-hydrogen) atoms. The van der Waals surface area contributed by atoms with Gasteiger partial charge in [-0.25, -0.2) is 4.79 Å². The normalized spacial score (nSPS) is 28.5. The fraction of sp³-hybridized carbons (Fsp3) is 0.933. The van der Waals surface area contributed by atoms with Crippen molar-refractivity contribution in [1.82, 2.24) is 15.1 Å². The van der Waals surface area contributed by atoms with Crippen molar-refractivity contribution in [2.75, 3.05) is 70.7 Å². The van der Waals surface area contributed by atoms with E-state index in [2.05, 4.69) is 10.2 Å². The molecule has 0 aromatic heterocycles. The summed E-state index contributed by atoms with van der Waals surface area (Å²) in [6.45, 7) is 7.62. The molecule has 3 aliphatic rings. The molecule has 6 nitrogen and oxygen atoms in total. The topological polar surface area (TPSA) is 54.0 Å². The summed E-state index contributed by atoms with van der Waals surface area (Å²) >= 11 is 1.92. The van der Waals surface area contributed by atoms with Crippen molar-refractivity contribution in [1.29, 1.82) is 0 Å². The van der Waals surface area contributed by atoms with E-state index in [4.69, 9.17) is 9.47 Å². The van der Waals surface area contributed by atoms with E-state index in [1.165, 1.54) is 0 Å². The summed E-state index contributed by atoms with van der Waals surface area (Å²) in [5.41, 5.74) is 0. The summed E-state index contributed by atoms with van der Waals surface area (Å²) in [5.74, 6) is 2.63. The summed E-state index contributed by atoms with van der Waals surface area (Å²) < 4.78 is 11.0. The van der Waals surface area contributed by atoms with Crippen molar-refractivity contribution >= 4 is 17.8 Å². The molecule has 3 saturated heterocycles. The molecule has 0 bridgehead atoms. The predicted molar refractivity (Wildman–Crippen MR) is 87.4 cm³/mol. The maximum atomic E-state index is 12.3. The first kappa shape index (κ1) is 16.4. The minimum atomic E-state index is 0.0949. The molecule has 3 aliphatic heterocycles. The van der Waals surface area contributed by atoms with Crippen molar-refractivity contribution in [2.45, 2.75) is 12.5 Å². The molecule has 2 amide bonds. The van der Waals surface area contributed by atoms with E-state index in [9.17, 15) is 4.79 Å². The van der Waals surface area contributed by atoms with Crippen LogP contribution >= 0.6 is 11.8 Å². The number of hydrogen-bond acceptors (Lipinski definition) is 5. The van der Waals surface area contributed by atoms with Gasteiger partial charge in [-0.05, 0) is 6.42 Å². The Balaban J connectivity index is 1.53. The van der Waals surface area contributed by atoms with Crippen LogP contribution in [0.25, 0.3) is 0 Å². The third-order valence-corrected chi connectivity index (χ3v) is 5.73. The van der Waals surface area contributed by atoms with Gasteiger partial charge in [0, 0.05) is 62.8 Å². The second kappa shape index (κ2) is 8.38. The summed E-state index contributed by atoms with van der Waals surface area (Å²) in [6.07, 6.45) is 1.10. The number of ether oxygens (including phenoxy) is 2. The molecule has 2 atom stereocenters. The Morgan fingerprint density at radius 3 is 2.59 bits per heavy atom. The van der Waals surface area contributed by atoms with Crippen LogP contribution in [0.15, 0.2) is 0 Å². The number of nitrogens with zero attached hydrogens (tertiary/aromatic N) is 2. The van der Waals surface area contributed by atoms with Gasteiger partial charge in [0.1, 0.15) is 0 Å². The molecule has 1 N–H and O–H groups in total. The molecule has 3 rings (SSSR count). The number of urea groups is 1. The zero-order chi connectivity index (χ0) is 15.2. The highest BCUT2D eigenvalue weighted by Gasteiger charge is 2.32. The smallest absolute Gasteiger partial charge is 0.317 e. The average molecular weight is 329 g/mol. The number of nitrogens with one attached hydrogen (secondary N) is 1. The van der Waals surface area contributed by atoms with Gasteiger partial charge in [-0.2, -0.15) is 11.8 Å². The van der Waals surface area contributed by atoms with Gasteiger partial charge in [-0.3, -0.25) is 4.90 Å². The van der Waals surface area contributed by atoms with Crippen LogP contribution in [0.3, 0.4) is 0 Å². The molecule has 7 heteroatoms. The highest BCUT2D eigenvalue weighted by Crippen LogP contribution is 2.22. The van der Waals surface area contributed by atoms with Crippen LogP contribution in [0.2, 0.25) is 0 Å². The molecule has 3 heterocycles. The SMILES string of the molecule is O=C(NC[C@H]([C@H]1CCOC1)N1CCOCC1)N1CCSCC1. The Bertz CT molecular complexity index is 354. The number of thioether (sulfide) groups is 1. The molecule has 0 unspecified atom stereocenters. The first-order valence-corrected chi connectivity index (χ1v) is 9.50. The molecule has 0 radical (unpaired) electrons. The standard InChI is InChI=1S/C15H27N3O3S/c19-15(18-4-9-22-10-5-18)16-11-14(13-1-6-21-12-13)17-2-7-20-8-3-17/h13-14H,1-12H2,(H,16,19)/t13-,14+/m0/s1. The van der Waals surface area contributed by atoms with Gasteiger partial charge >= 0.3 is 6.03 Å². The minimum Gasteiger partial charge on any atom is -0.381 e. The van der Waals surface area contributed by atoms with Crippen molar-refractivity contribution in [3.05, 3.63) is 0 Å². The third-order valence-electron chi connectivity index (χ3n) is 4.78. The highest BCUT2D eigenvalue weighted by molar-refractivity contribution is 7.99. The maximum Gasteiger partial charge on any atom is 0.317 e. The van der Waals surface area contributed by atoms with Crippen molar-refractivity contribution in [3.63, 3.8) is 0 Å². The summed E-state index contributed by atoms with van der Waals surface area (Å²) in [6, 6.07) is 0.465. The van der Waals surface area contributed by atoms with E-state index < -0.39 is 0 Å². The average Bonchev–Trinajstić information content (AvgIpc) is 3.11. The lowest BCUT2D eigenvalue weighted by atomic mass is 9.97. The number of morpholine rings is 1. The summed E-state index contributed by atoms with van der Waals surface area (Å²) in [7, 11) is 0. The van der Waals surface area contributed by atoms with Gasteiger partial charge in [0.05, 0.1) is 19.8 Å². The van der Waals surface area contributed by atoms with Gasteiger partial charge in [-0.1, -0.05) is 0 Å². The minimum absolute atomic E-state index is 0.0949. The van der Waals surface area contributed by atoms with Gasteiger partial charge < -0.3 is 19.7 Å². The van der Waals surface area contributed by atoms with Gasteiger partial charge in [0.25, 0.3) is 0 Å². The fourth-order valence-corrected chi connectivity index (χ4v) is 4.33. The molecule has 126 valence electrons. The molecular weight excluding hydrogens is 302 g/mol. The number of amides is 2. The first-order chi connectivity index (χ1) is 10.8. The van der Waals surface area contributed by atoms with Crippen LogP contribution in [-0.4, -0.2) is 92.5 Å². The van der Waals surface area contributed by atoms with Crippen molar-refractivity contribution < 1.29 is 14.3 Å². The second-order valence-corrected chi connectivity index (χ2v) is 7.35. The predicted octanol–water partition coefficient (Wildman–Crippen LogP) is 0.482. The summed E-state index contributed by atoms with van der Waals surface area (Å²) in [5, 5.41) is 3.17. The maximum absolute atomic E-state index is 12.3. The van der Waals surface area contributed by atoms with Crippen LogP contribution in [0, 0.1) is 5.92 Å². The van der Waals surface area contributed by atoms with Crippen LogP contribution in [-0.2, 0) is 9.47 Å². The largest absolute Gasteiger partial charge is 0.381 e. The van der Waals surface area contributed by atoms with Crippen LogP contribution in [0.1, 0.15) is 6.42 Å². The highest BCUT2D eigenvalue weighted by atomic mass is 32.2. The molecule has 0 aliphatic carbocycles. The number of rotatable bonds is 4. The molecule has 3 fully saturated rings. The molecule has 0 aromatic rings. The van der Waals surface area contributed by atoms with Gasteiger partial charge in [0.2, 0.25) is 0 Å². The Hall–Kier alpha value is -0.500. The van der Waals surface area contributed by atoms with E-state index in [-0.39, 0.29) is 6.03 Å². The number of carbonyl (C=O) groups is 1. The van der Waals surface area contributed by atoms with E-state index in [0.717, 1.165) is 77.1 Å². The van der Waals surface area contributed by atoms with Crippen LogP contribution in [0.4, 0.5) is 4.79 Å². The zero-order valence-electron chi connectivity index (χ0n) is 13.2. The lowest BCUT2D eigenvalue weighted by molar-refractivity contribution is 0.00188. The molecule has 0 aromatic carbocycles. The van der Waals surface area contributed by atoms with Gasteiger partial charge in [-0.15, -0.1) is 0 Å². The zero-order valence-corrected chi connectivity index (χ0v) is 14.0. The van der Waals surface area contributed by atoms with E-state index in [1.54, 1.807) is 0 Å². The Morgan fingerprint density at radius 2 is 1.91 bits per heavy atom. The van der Waals surface area contributed by atoms with Crippen molar-refractivity contribution in [3.8, 4) is 0 Å². The van der Waals surface area contributed by atoms with E-state index in [1.807, 2.05) is 16.7 Å².